The Bertz CT molecular complexity index is 1470. The Kier molecular flexibility index (Phi) is 6.28. The number of benzene rings is 1. The number of nitrogens with zero attached hydrogens (tertiary/aromatic N) is 4. The maximum Gasteiger partial charge on any atom is 0.350 e. The zero-order chi connectivity index (χ0) is 24.7. The van der Waals surface area contributed by atoms with Gasteiger partial charge in [-0.3, -0.25) is 9.36 Å². The average Bonchev–Trinajstić information content (AvgIpc) is 3.34. The Morgan fingerprint density at radius 1 is 1.31 bits per heavy atom. The number of rotatable bonds is 6. The van der Waals surface area contributed by atoms with Gasteiger partial charge in [-0.15, -0.1) is 0 Å². The van der Waals surface area contributed by atoms with Crippen molar-refractivity contribution in [2.45, 2.75) is 42.3 Å². The Morgan fingerprint density at radius 3 is 2.91 bits per heavy atom. The molecule has 1 aliphatic heterocycles. The topological polar surface area (TPSA) is 150 Å². The highest BCUT2D eigenvalue weighted by molar-refractivity contribution is 7.99. The van der Waals surface area contributed by atoms with Gasteiger partial charge in [-0.1, -0.05) is 11.6 Å². The number of hydrogen-bond donors (Lipinski definition) is 2. The Balaban J connectivity index is 1.58. The smallest absolute Gasteiger partial charge is 0.350 e. The maximum atomic E-state index is 12.7. The fourth-order valence-corrected chi connectivity index (χ4v) is 5.06. The van der Waals surface area contributed by atoms with Crippen molar-refractivity contribution in [2.24, 2.45) is 5.92 Å². The molecule has 0 saturated carbocycles. The predicted octanol–water partition coefficient (Wildman–Crippen LogP) is 1.82. The molecule has 5 rings (SSSR count). The molecule has 1 aliphatic rings. The minimum Gasteiger partial charge on any atom is -0.463 e. The minimum atomic E-state index is -1.12. The Labute approximate surface area is 202 Å². The predicted molar refractivity (Wildman–Crippen MR) is 124 cm³/mol. The molecule has 0 unspecified atom stereocenters. The molecule has 0 radical (unpaired) electrons. The molecular formula is C23H22N4O7S. The second kappa shape index (κ2) is 9.38. The van der Waals surface area contributed by atoms with Gasteiger partial charge < -0.3 is 24.1 Å². The number of esters is 1. The van der Waals surface area contributed by atoms with E-state index < -0.39 is 42.6 Å². The van der Waals surface area contributed by atoms with Gasteiger partial charge in [0.2, 0.25) is 0 Å². The van der Waals surface area contributed by atoms with Gasteiger partial charge in [0.1, 0.15) is 41.3 Å². The molecule has 3 aromatic heterocycles. The maximum absolute atomic E-state index is 12.7. The van der Waals surface area contributed by atoms with Gasteiger partial charge in [0.15, 0.2) is 10.8 Å². The molecule has 0 aliphatic carbocycles. The van der Waals surface area contributed by atoms with Gasteiger partial charge >= 0.3 is 11.6 Å². The monoisotopic (exact) mass is 498 g/mol. The van der Waals surface area contributed by atoms with Crippen LogP contribution >= 0.6 is 11.8 Å². The lowest BCUT2D eigenvalue weighted by Gasteiger charge is -2.21. The molecular weight excluding hydrogens is 476 g/mol. The fraction of sp³-hybridized carbons (Fsp3) is 0.348. The van der Waals surface area contributed by atoms with E-state index in [4.69, 9.17) is 13.9 Å². The van der Waals surface area contributed by atoms with Crippen molar-refractivity contribution in [3.05, 3.63) is 52.8 Å². The van der Waals surface area contributed by atoms with Crippen molar-refractivity contribution >= 4 is 39.9 Å². The van der Waals surface area contributed by atoms with Crippen molar-refractivity contribution in [1.82, 2.24) is 19.5 Å². The summed E-state index contributed by atoms with van der Waals surface area (Å²) in [6, 6.07) is 7.24. The summed E-state index contributed by atoms with van der Waals surface area (Å²) in [4.78, 5) is 37.2. The molecule has 35 heavy (non-hydrogen) atoms. The summed E-state index contributed by atoms with van der Waals surface area (Å²) >= 11 is 1.06. The third-order valence-corrected chi connectivity index (χ3v) is 6.77. The van der Waals surface area contributed by atoms with Crippen molar-refractivity contribution in [1.29, 1.82) is 0 Å². The molecule has 4 aromatic rings. The standard InChI is InChI=1S/C23H22N4O7S/c1-11-3-4-16-13(5-11)6-18(22(31)34-16)35-23-26-15-7-24-10-25-20(15)27(23)21-14(8-28)19(30)17(33-21)9-32-12(2)29/h3-7,10,14,17,19,21,28,30H,8-9H2,1-2H3/t14-,17-,19+,21-/m1/s1. The quantitative estimate of drug-likeness (QED) is 0.296. The van der Waals surface area contributed by atoms with Crippen LogP contribution in [0.2, 0.25) is 0 Å². The fourth-order valence-electron chi connectivity index (χ4n) is 4.12. The van der Waals surface area contributed by atoms with E-state index in [1.165, 1.54) is 19.4 Å². The van der Waals surface area contributed by atoms with Crippen molar-refractivity contribution in [2.75, 3.05) is 13.2 Å². The lowest BCUT2D eigenvalue weighted by Crippen LogP contribution is -2.32. The van der Waals surface area contributed by atoms with Crippen LogP contribution in [0.15, 0.2) is 56.1 Å². The molecule has 0 amide bonds. The number of aromatic nitrogens is 4. The van der Waals surface area contributed by atoms with E-state index in [0.29, 0.717) is 26.8 Å². The summed E-state index contributed by atoms with van der Waals surface area (Å²) in [6.07, 6.45) is -0.0161. The van der Waals surface area contributed by atoms with E-state index in [0.717, 1.165) is 22.7 Å². The van der Waals surface area contributed by atoms with Crippen LogP contribution in [-0.2, 0) is 14.3 Å². The first-order valence-electron chi connectivity index (χ1n) is 10.8. The van der Waals surface area contributed by atoms with Gasteiger partial charge in [-0.2, -0.15) is 0 Å². The van der Waals surface area contributed by atoms with Crippen molar-refractivity contribution in [3.8, 4) is 0 Å². The number of imidazole rings is 1. The van der Waals surface area contributed by atoms with Crippen molar-refractivity contribution < 1.29 is 28.9 Å². The Hall–Kier alpha value is -3.32. The summed E-state index contributed by atoms with van der Waals surface area (Å²) in [5, 5.41) is 21.9. The first-order chi connectivity index (χ1) is 16.9. The molecule has 182 valence electrons. The summed E-state index contributed by atoms with van der Waals surface area (Å²) in [7, 11) is 0. The molecule has 12 heteroatoms. The van der Waals surface area contributed by atoms with Gasteiger partial charge in [0.05, 0.1) is 24.8 Å². The van der Waals surface area contributed by atoms with Gasteiger partial charge in [-0.25, -0.2) is 19.7 Å². The number of carbonyl (C=O) groups excluding carboxylic acids is 1. The highest BCUT2D eigenvalue weighted by Crippen LogP contribution is 2.40. The highest BCUT2D eigenvalue weighted by atomic mass is 32.2. The Morgan fingerprint density at radius 2 is 2.14 bits per heavy atom. The zero-order valence-corrected chi connectivity index (χ0v) is 19.6. The van der Waals surface area contributed by atoms with Crippen molar-refractivity contribution in [3.63, 3.8) is 0 Å². The van der Waals surface area contributed by atoms with Crippen LogP contribution in [-0.4, -0.2) is 61.1 Å². The SMILES string of the molecule is CC(=O)OC[C@H]1O[C@@H](n2c(Sc3cc4cc(C)ccc4oc3=O)nc3cncnc32)[C@H](CO)[C@@H]1O. The van der Waals surface area contributed by atoms with E-state index in [1.807, 2.05) is 19.1 Å². The first-order valence-corrected chi connectivity index (χ1v) is 11.7. The van der Waals surface area contributed by atoms with E-state index in [1.54, 1.807) is 16.7 Å². The van der Waals surface area contributed by atoms with Crippen LogP contribution in [0.4, 0.5) is 0 Å². The van der Waals surface area contributed by atoms with E-state index in [9.17, 15) is 19.8 Å². The van der Waals surface area contributed by atoms with E-state index in [-0.39, 0.29) is 6.61 Å². The summed E-state index contributed by atoms with van der Waals surface area (Å²) in [5.74, 6) is -1.28. The lowest BCUT2D eigenvalue weighted by molar-refractivity contribution is -0.147. The van der Waals surface area contributed by atoms with Crippen LogP contribution in [0.3, 0.4) is 0 Å². The number of aryl methyl sites for hydroxylation is 1. The third-order valence-electron chi connectivity index (χ3n) is 5.80. The summed E-state index contributed by atoms with van der Waals surface area (Å²) in [6.45, 7) is 2.61. The average molecular weight is 499 g/mol. The minimum absolute atomic E-state index is 0.179. The third kappa shape index (κ3) is 4.41. The van der Waals surface area contributed by atoms with Crippen LogP contribution in [0.1, 0.15) is 18.7 Å². The molecule has 4 atom stereocenters. The molecule has 0 spiro atoms. The molecule has 1 fully saturated rings. The number of aliphatic hydroxyl groups is 2. The second-order valence-electron chi connectivity index (χ2n) is 8.24. The molecule has 1 aromatic carbocycles. The molecule has 2 N–H and O–H groups in total. The number of ether oxygens (including phenoxy) is 2. The van der Waals surface area contributed by atoms with Crippen LogP contribution in [0, 0.1) is 12.8 Å². The first kappa shape index (κ1) is 23.4. The van der Waals surface area contributed by atoms with Crippen LogP contribution < -0.4 is 5.63 Å². The molecule has 11 nitrogen and oxygen atoms in total. The summed E-state index contributed by atoms with van der Waals surface area (Å²) < 4.78 is 18.2. The molecule has 4 heterocycles. The van der Waals surface area contributed by atoms with Crippen LogP contribution in [0.5, 0.6) is 0 Å². The molecule has 0 bridgehead atoms. The highest BCUT2D eigenvalue weighted by Gasteiger charge is 2.46. The number of hydrogen-bond acceptors (Lipinski definition) is 11. The number of aliphatic hydroxyl groups excluding tert-OH is 2. The number of carbonyl (C=O) groups is 1. The normalized spacial score (nSPS) is 22.2. The van der Waals surface area contributed by atoms with E-state index >= 15 is 0 Å². The molecule has 1 saturated heterocycles. The zero-order valence-electron chi connectivity index (χ0n) is 18.8. The van der Waals surface area contributed by atoms with Crippen LogP contribution in [0.25, 0.3) is 22.1 Å². The summed E-state index contributed by atoms with van der Waals surface area (Å²) in [5.41, 5.74) is 1.79. The number of fused-ring (bicyclic) bond motifs is 2. The lowest BCUT2D eigenvalue weighted by atomic mass is 10.0. The van der Waals surface area contributed by atoms with E-state index in [2.05, 4.69) is 15.0 Å². The van der Waals surface area contributed by atoms with Gasteiger partial charge in [-0.05, 0) is 36.9 Å². The van der Waals surface area contributed by atoms with Gasteiger partial charge in [0.25, 0.3) is 0 Å². The second-order valence-corrected chi connectivity index (χ2v) is 9.25. The largest absolute Gasteiger partial charge is 0.463 e. The van der Waals surface area contributed by atoms with Gasteiger partial charge in [0, 0.05) is 12.3 Å².